The lowest BCUT2D eigenvalue weighted by Crippen LogP contribution is -2.25. The number of unbranched alkanes of at least 4 members (excludes halogenated alkanes) is 1. The van der Waals surface area contributed by atoms with Crippen molar-refractivity contribution in [3.8, 4) is 5.75 Å². The number of aromatic nitrogens is 1. The maximum atomic E-state index is 11.9. The third-order valence-electron chi connectivity index (χ3n) is 3.49. The highest BCUT2D eigenvalue weighted by Gasteiger charge is 2.06. The number of nitrogens with one attached hydrogen (secondary N) is 2. The molecule has 23 heavy (non-hydrogen) atoms. The van der Waals surface area contributed by atoms with Crippen LogP contribution in [-0.2, 0) is 6.54 Å². The Morgan fingerprint density at radius 3 is 2.74 bits per heavy atom. The van der Waals surface area contributed by atoms with Gasteiger partial charge in [-0.2, -0.15) is 0 Å². The summed E-state index contributed by atoms with van der Waals surface area (Å²) in [7, 11) is 1.66. The standard InChI is InChI=1S/C18H23N3O2/c1-3-4-11-19-18(22)16-10-9-15(13-21-16)20-12-14-7-5-6-8-17(14)23-2/h5-10,13,20H,3-4,11-12H2,1-2H3,(H,19,22). The van der Waals surface area contributed by atoms with Crippen molar-refractivity contribution in [1.29, 1.82) is 0 Å². The number of hydrogen-bond donors (Lipinski definition) is 2. The molecule has 5 heteroatoms. The molecule has 2 aromatic rings. The van der Waals surface area contributed by atoms with Gasteiger partial charge in [0.1, 0.15) is 11.4 Å². The van der Waals surface area contributed by atoms with Crippen LogP contribution in [0.3, 0.4) is 0 Å². The number of nitrogens with zero attached hydrogens (tertiary/aromatic N) is 1. The summed E-state index contributed by atoms with van der Waals surface area (Å²) < 4.78 is 5.32. The molecule has 2 rings (SSSR count). The second-order valence-corrected chi connectivity index (χ2v) is 5.21. The van der Waals surface area contributed by atoms with Crippen LogP contribution in [0.2, 0.25) is 0 Å². The maximum Gasteiger partial charge on any atom is 0.269 e. The molecule has 0 bridgehead atoms. The maximum absolute atomic E-state index is 11.9. The molecule has 0 saturated carbocycles. The quantitative estimate of drug-likeness (QED) is 0.734. The van der Waals surface area contributed by atoms with Crippen LogP contribution in [0.15, 0.2) is 42.6 Å². The minimum Gasteiger partial charge on any atom is -0.496 e. The lowest BCUT2D eigenvalue weighted by Gasteiger charge is -2.10. The van der Waals surface area contributed by atoms with Gasteiger partial charge in [-0.05, 0) is 24.6 Å². The number of anilines is 1. The second kappa shape index (κ2) is 8.78. The molecule has 122 valence electrons. The smallest absolute Gasteiger partial charge is 0.269 e. The first-order chi connectivity index (χ1) is 11.2. The number of methoxy groups -OCH3 is 1. The molecule has 1 amide bonds. The average Bonchev–Trinajstić information content (AvgIpc) is 2.60. The van der Waals surface area contributed by atoms with E-state index in [-0.39, 0.29) is 5.91 Å². The number of rotatable bonds is 8. The van der Waals surface area contributed by atoms with Crippen LogP contribution in [0.4, 0.5) is 5.69 Å². The Morgan fingerprint density at radius 1 is 1.22 bits per heavy atom. The average molecular weight is 313 g/mol. The van der Waals surface area contributed by atoms with Crippen molar-refractivity contribution in [3.05, 3.63) is 53.9 Å². The molecule has 1 aromatic heterocycles. The van der Waals surface area contributed by atoms with Crippen LogP contribution < -0.4 is 15.4 Å². The molecule has 0 unspecified atom stereocenters. The zero-order valence-corrected chi connectivity index (χ0v) is 13.6. The van der Waals surface area contributed by atoms with E-state index < -0.39 is 0 Å². The summed E-state index contributed by atoms with van der Waals surface area (Å²) in [6.07, 6.45) is 3.70. The van der Waals surface area contributed by atoms with E-state index in [4.69, 9.17) is 4.74 Å². The molecule has 0 spiro atoms. The normalized spacial score (nSPS) is 10.2. The van der Waals surface area contributed by atoms with Crippen molar-refractivity contribution in [1.82, 2.24) is 10.3 Å². The lowest BCUT2D eigenvalue weighted by atomic mass is 10.2. The summed E-state index contributed by atoms with van der Waals surface area (Å²) in [6, 6.07) is 11.4. The zero-order chi connectivity index (χ0) is 16.5. The number of benzene rings is 1. The number of para-hydroxylation sites is 1. The predicted molar refractivity (Wildman–Crippen MR) is 91.8 cm³/mol. The van der Waals surface area contributed by atoms with Gasteiger partial charge < -0.3 is 15.4 Å². The molecule has 0 atom stereocenters. The highest BCUT2D eigenvalue weighted by Crippen LogP contribution is 2.18. The summed E-state index contributed by atoms with van der Waals surface area (Å²) in [5, 5.41) is 6.13. The Hall–Kier alpha value is -2.56. The Balaban J connectivity index is 1.91. The van der Waals surface area contributed by atoms with Gasteiger partial charge in [0.15, 0.2) is 0 Å². The fraction of sp³-hybridized carbons (Fsp3) is 0.333. The molecular weight excluding hydrogens is 290 g/mol. The van der Waals surface area contributed by atoms with Crippen LogP contribution in [-0.4, -0.2) is 24.5 Å². The number of hydrogen-bond acceptors (Lipinski definition) is 4. The van der Waals surface area contributed by atoms with Crippen molar-refractivity contribution in [2.24, 2.45) is 0 Å². The number of amides is 1. The van der Waals surface area contributed by atoms with Gasteiger partial charge in [0.2, 0.25) is 0 Å². The first-order valence-electron chi connectivity index (χ1n) is 7.84. The van der Waals surface area contributed by atoms with Gasteiger partial charge in [-0.1, -0.05) is 31.5 Å². The number of pyridine rings is 1. The molecule has 0 fully saturated rings. The van der Waals surface area contributed by atoms with E-state index in [9.17, 15) is 4.79 Å². The predicted octanol–water partition coefficient (Wildman–Crippen LogP) is 3.23. The van der Waals surface area contributed by atoms with Crippen molar-refractivity contribution >= 4 is 11.6 Å². The molecule has 1 heterocycles. The first-order valence-corrected chi connectivity index (χ1v) is 7.84. The van der Waals surface area contributed by atoms with Crippen molar-refractivity contribution in [2.75, 3.05) is 19.0 Å². The van der Waals surface area contributed by atoms with E-state index in [0.29, 0.717) is 18.8 Å². The van der Waals surface area contributed by atoms with Gasteiger partial charge >= 0.3 is 0 Å². The van der Waals surface area contributed by atoms with Gasteiger partial charge in [0, 0.05) is 18.7 Å². The molecule has 0 aliphatic carbocycles. The van der Waals surface area contributed by atoms with Crippen molar-refractivity contribution in [2.45, 2.75) is 26.3 Å². The SMILES string of the molecule is CCCCNC(=O)c1ccc(NCc2ccccc2OC)cn1. The van der Waals surface area contributed by atoms with Crippen molar-refractivity contribution < 1.29 is 9.53 Å². The summed E-state index contributed by atoms with van der Waals surface area (Å²) in [4.78, 5) is 16.1. The highest BCUT2D eigenvalue weighted by atomic mass is 16.5. The van der Waals surface area contributed by atoms with E-state index in [1.807, 2.05) is 30.3 Å². The molecule has 0 radical (unpaired) electrons. The number of carbonyl (C=O) groups is 1. The van der Waals surface area contributed by atoms with E-state index in [2.05, 4.69) is 22.5 Å². The summed E-state index contributed by atoms with van der Waals surface area (Å²) in [5.74, 6) is 0.717. The van der Waals surface area contributed by atoms with Crippen LogP contribution >= 0.6 is 0 Å². The van der Waals surface area contributed by atoms with Crippen LogP contribution in [0.1, 0.15) is 35.8 Å². The van der Waals surface area contributed by atoms with Gasteiger partial charge in [0.05, 0.1) is 19.0 Å². The second-order valence-electron chi connectivity index (χ2n) is 5.21. The Bertz CT molecular complexity index is 626. The fourth-order valence-electron chi connectivity index (χ4n) is 2.15. The topological polar surface area (TPSA) is 63.2 Å². The minimum absolute atomic E-state index is 0.130. The molecule has 1 aromatic carbocycles. The van der Waals surface area contributed by atoms with E-state index in [1.165, 1.54) is 0 Å². The third-order valence-corrected chi connectivity index (χ3v) is 3.49. The van der Waals surface area contributed by atoms with Gasteiger partial charge in [-0.15, -0.1) is 0 Å². The van der Waals surface area contributed by atoms with Gasteiger partial charge in [0.25, 0.3) is 5.91 Å². The third kappa shape index (κ3) is 4.98. The monoisotopic (exact) mass is 313 g/mol. The fourth-order valence-corrected chi connectivity index (χ4v) is 2.15. The van der Waals surface area contributed by atoms with Gasteiger partial charge in [-0.3, -0.25) is 4.79 Å². The summed E-state index contributed by atoms with van der Waals surface area (Å²) in [5.41, 5.74) is 2.36. The van der Waals surface area contributed by atoms with E-state index in [1.54, 1.807) is 19.4 Å². The Morgan fingerprint density at radius 2 is 2.04 bits per heavy atom. The molecule has 2 N–H and O–H groups in total. The first kappa shape index (κ1) is 16.8. The zero-order valence-electron chi connectivity index (χ0n) is 13.6. The molecule has 0 aliphatic rings. The highest BCUT2D eigenvalue weighted by molar-refractivity contribution is 5.92. The van der Waals surface area contributed by atoms with E-state index in [0.717, 1.165) is 29.8 Å². The van der Waals surface area contributed by atoms with Crippen LogP contribution in [0.25, 0.3) is 0 Å². The van der Waals surface area contributed by atoms with Crippen LogP contribution in [0.5, 0.6) is 5.75 Å². The van der Waals surface area contributed by atoms with Crippen molar-refractivity contribution in [3.63, 3.8) is 0 Å². The molecule has 5 nitrogen and oxygen atoms in total. The van der Waals surface area contributed by atoms with Crippen LogP contribution in [0, 0.1) is 0 Å². The molecular formula is C18H23N3O2. The number of carbonyl (C=O) groups excluding carboxylic acids is 1. The lowest BCUT2D eigenvalue weighted by molar-refractivity contribution is 0.0948. The summed E-state index contributed by atoms with van der Waals surface area (Å²) >= 11 is 0. The van der Waals surface area contributed by atoms with E-state index >= 15 is 0 Å². The Labute approximate surface area is 137 Å². The molecule has 0 aliphatic heterocycles. The largest absolute Gasteiger partial charge is 0.496 e. The Kier molecular flexibility index (Phi) is 6.41. The molecule has 0 saturated heterocycles. The van der Waals surface area contributed by atoms with Gasteiger partial charge in [-0.25, -0.2) is 4.98 Å². The summed E-state index contributed by atoms with van der Waals surface area (Å²) in [6.45, 7) is 3.41. The minimum atomic E-state index is -0.130. The number of ether oxygens (including phenoxy) is 1.